The number of guanidine groups is 1. The molecule has 0 bridgehead atoms. The zero-order valence-corrected chi connectivity index (χ0v) is 19.2. The highest BCUT2D eigenvalue weighted by atomic mass is 127. The summed E-state index contributed by atoms with van der Waals surface area (Å²) in [6, 6.07) is 8.39. The molecule has 1 aromatic rings. The molecule has 2 N–H and O–H groups in total. The number of para-hydroxylation sites is 1. The summed E-state index contributed by atoms with van der Waals surface area (Å²) in [6.45, 7) is 9.82. The third-order valence-electron chi connectivity index (χ3n) is 4.18. The lowest BCUT2D eigenvalue weighted by Crippen LogP contribution is -2.45. The molecule has 0 amide bonds. The zero-order chi connectivity index (χ0) is 18.8. The van der Waals surface area contributed by atoms with Gasteiger partial charge in [-0.05, 0) is 33.3 Å². The van der Waals surface area contributed by atoms with E-state index in [1.54, 1.807) is 7.11 Å². The van der Waals surface area contributed by atoms with Gasteiger partial charge in [0.1, 0.15) is 11.4 Å². The van der Waals surface area contributed by atoms with Gasteiger partial charge in [-0.15, -0.1) is 24.0 Å². The SMILES string of the molecule is CCNC(=NCCCOCCOC)NC1CC(C)(C)Oc2ccccc21.I. The fourth-order valence-electron chi connectivity index (χ4n) is 3.02. The first-order valence-electron chi connectivity index (χ1n) is 9.45. The Kier molecular flexibility index (Phi) is 11.0. The molecule has 7 heteroatoms. The van der Waals surface area contributed by atoms with Crippen LogP contribution in [0.2, 0.25) is 0 Å². The molecular weight excluding hydrogens is 457 g/mol. The zero-order valence-electron chi connectivity index (χ0n) is 16.9. The Morgan fingerprint density at radius 1 is 1.26 bits per heavy atom. The third kappa shape index (κ3) is 8.23. The van der Waals surface area contributed by atoms with Crippen molar-refractivity contribution in [3.05, 3.63) is 29.8 Å². The summed E-state index contributed by atoms with van der Waals surface area (Å²) in [5.74, 6) is 1.78. The van der Waals surface area contributed by atoms with E-state index in [9.17, 15) is 0 Å². The molecular formula is C20H34IN3O3. The van der Waals surface area contributed by atoms with Gasteiger partial charge in [0.15, 0.2) is 5.96 Å². The van der Waals surface area contributed by atoms with Crippen molar-refractivity contribution in [2.45, 2.75) is 45.3 Å². The number of halogens is 1. The summed E-state index contributed by atoms with van der Waals surface area (Å²) < 4.78 is 16.6. The summed E-state index contributed by atoms with van der Waals surface area (Å²) in [5.41, 5.74) is 0.971. The van der Waals surface area contributed by atoms with Crippen LogP contribution >= 0.6 is 24.0 Å². The van der Waals surface area contributed by atoms with Crippen LogP contribution in [0.1, 0.15) is 45.2 Å². The fourth-order valence-corrected chi connectivity index (χ4v) is 3.02. The first-order valence-corrected chi connectivity index (χ1v) is 9.45. The van der Waals surface area contributed by atoms with Crippen LogP contribution in [-0.2, 0) is 9.47 Å². The van der Waals surface area contributed by atoms with Crippen LogP contribution in [0.25, 0.3) is 0 Å². The topological polar surface area (TPSA) is 64.1 Å². The first kappa shape index (κ1) is 24.0. The highest BCUT2D eigenvalue weighted by Crippen LogP contribution is 2.39. The minimum atomic E-state index is -0.210. The number of ether oxygens (including phenoxy) is 3. The Morgan fingerprint density at radius 2 is 2.04 bits per heavy atom. The van der Waals surface area contributed by atoms with Crippen LogP contribution in [0.3, 0.4) is 0 Å². The Morgan fingerprint density at radius 3 is 2.78 bits per heavy atom. The van der Waals surface area contributed by atoms with Crippen molar-refractivity contribution in [2.75, 3.05) is 40.0 Å². The predicted octanol–water partition coefficient (Wildman–Crippen LogP) is 3.52. The summed E-state index contributed by atoms with van der Waals surface area (Å²) in [5, 5.41) is 6.91. The van der Waals surface area contributed by atoms with E-state index in [4.69, 9.17) is 14.2 Å². The van der Waals surface area contributed by atoms with Crippen LogP contribution in [0.4, 0.5) is 0 Å². The first-order chi connectivity index (χ1) is 12.6. The van der Waals surface area contributed by atoms with Crippen LogP contribution < -0.4 is 15.4 Å². The van der Waals surface area contributed by atoms with Gasteiger partial charge < -0.3 is 24.8 Å². The highest BCUT2D eigenvalue weighted by Gasteiger charge is 2.33. The fraction of sp³-hybridized carbons (Fsp3) is 0.650. The van der Waals surface area contributed by atoms with E-state index in [0.29, 0.717) is 19.8 Å². The number of nitrogens with one attached hydrogen (secondary N) is 2. The standard InChI is InChI=1S/C20H33N3O3.HI/c1-5-21-19(22-11-8-12-25-14-13-24-4)23-17-15-20(2,3)26-18-10-7-6-9-16(17)18;/h6-7,9-10,17H,5,8,11-15H2,1-4H3,(H2,21,22,23);1H. The van der Waals surface area contributed by atoms with Gasteiger partial charge in [-0.3, -0.25) is 4.99 Å². The maximum absolute atomic E-state index is 6.11. The summed E-state index contributed by atoms with van der Waals surface area (Å²) >= 11 is 0. The summed E-state index contributed by atoms with van der Waals surface area (Å²) in [4.78, 5) is 4.69. The molecule has 27 heavy (non-hydrogen) atoms. The average Bonchev–Trinajstić information content (AvgIpc) is 2.60. The molecule has 0 aliphatic carbocycles. The summed E-state index contributed by atoms with van der Waals surface area (Å²) in [6.07, 6.45) is 1.77. The monoisotopic (exact) mass is 491 g/mol. The smallest absolute Gasteiger partial charge is 0.191 e. The Labute approximate surface area is 180 Å². The summed E-state index contributed by atoms with van der Waals surface area (Å²) in [7, 11) is 1.68. The van der Waals surface area contributed by atoms with Crippen molar-refractivity contribution in [3.8, 4) is 5.75 Å². The predicted molar refractivity (Wildman–Crippen MR) is 120 cm³/mol. The quantitative estimate of drug-likeness (QED) is 0.240. The lowest BCUT2D eigenvalue weighted by molar-refractivity contribution is 0.0692. The molecule has 6 nitrogen and oxygen atoms in total. The van der Waals surface area contributed by atoms with Gasteiger partial charge in [0.25, 0.3) is 0 Å². The molecule has 1 aromatic carbocycles. The number of benzene rings is 1. The van der Waals surface area contributed by atoms with Gasteiger partial charge in [0.2, 0.25) is 0 Å². The lowest BCUT2D eigenvalue weighted by atomic mass is 9.90. The second-order valence-corrected chi connectivity index (χ2v) is 7.02. The maximum atomic E-state index is 6.11. The molecule has 0 aromatic heterocycles. The van der Waals surface area contributed by atoms with Crippen molar-refractivity contribution in [3.63, 3.8) is 0 Å². The molecule has 1 aliphatic heterocycles. The van der Waals surface area contributed by atoms with Crippen molar-refractivity contribution in [2.24, 2.45) is 4.99 Å². The van der Waals surface area contributed by atoms with E-state index in [1.165, 1.54) is 5.56 Å². The van der Waals surface area contributed by atoms with Gasteiger partial charge >= 0.3 is 0 Å². The normalized spacial score (nSPS) is 18.1. The average molecular weight is 491 g/mol. The number of hydrogen-bond acceptors (Lipinski definition) is 4. The van der Waals surface area contributed by atoms with E-state index in [2.05, 4.69) is 48.5 Å². The number of rotatable bonds is 9. The van der Waals surface area contributed by atoms with Gasteiger partial charge in [0.05, 0.1) is 19.3 Å². The molecule has 2 rings (SSSR count). The largest absolute Gasteiger partial charge is 0.487 e. The molecule has 0 spiro atoms. The number of hydrogen-bond donors (Lipinski definition) is 2. The lowest BCUT2D eigenvalue weighted by Gasteiger charge is -2.38. The Balaban J connectivity index is 0.00000364. The molecule has 1 aliphatic rings. The molecule has 154 valence electrons. The molecule has 0 saturated carbocycles. The Bertz CT molecular complexity index is 581. The van der Waals surface area contributed by atoms with Gasteiger partial charge in [-0.1, -0.05) is 18.2 Å². The molecule has 0 fully saturated rings. The second kappa shape index (κ2) is 12.4. The molecule has 0 radical (unpaired) electrons. The minimum Gasteiger partial charge on any atom is -0.487 e. The maximum Gasteiger partial charge on any atom is 0.191 e. The highest BCUT2D eigenvalue weighted by molar-refractivity contribution is 14.0. The van der Waals surface area contributed by atoms with Crippen molar-refractivity contribution in [1.29, 1.82) is 0 Å². The van der Waals surface area contributed by atoms with Crippen LogP contribution in [0, 0.1) is 0 Å². The molecule has 1 unspecified atom stereocenters. The third-order valence-corrected chi connectivity index (χ3v) is 4.18. The van der Waals surface area contributed by atoms with E-state index >= 15 is 0 Å². The van der Waals surface area contributed by atoms with E-state index in [-0.39, 0.29) is 35.6 Å². The van der Waals surface area contributed by atoms with Crippen LogP contribution in [0.15, 0.2) is 29.3 Å². The number of nitrogens with zero attached hydrogens (tertiary/aromatic N) is 1. The molecule has 1 atom stereocenters. The molecule has 0 saturated heterocycles. The van der Waals surface area contributed by atoms with Crippen molar-refractivity contribution >= 4 is 29.9 Å². The van der Waals surface area contributed by atoms with E-state index in [0.717, 1.165) is 37.6 Å². The van der Waals surface area contributed by atoms with Crippen molar-refractivity contribution < 1.29 is 14.2 Å². The van der Waals surface area contributed by atoms with Gasteiger partial charge in [0, 0.05) is 38.8 Å². The Hall–Kier alpha value is -1.06. The van der Waals surface area contributed by atoms with Gasteiger partial charge in [-0.25, -0.2) is 0 Å². The van der Waals surface area contributed by atoms with Crippen LogP contribution in [0.5, 0.6) is 5.75 Å². The van der Waals surface area contributed by atoms with Crippen LogP contribution in [-0.4, -0.2) is 51.6 Å². The number of fused-ring (bicyclic) bond motifs is 1. The minimum absolute atomic E-state index is 0. The number of aliphatic imine (C=N–C) groups is 1. The van der Waals surface area contributed by atoms with Gasteiger partial charge in [-0.2, -0.15) is 0 Å². The number of methoxy groups -OCH3 is 1. The second-order valence-electron chi connectivity index (χ2n) is 7.02. The van der Waals surface area contributed by atoms with E-state index < -0.39 is 0 Å². The van der Waals surface area contributed by atoms with E-state index in [1.807, 2.05) is 12.1 Å². The van der Waals surface area contributed by atoms with Crippen molar-refractivity contribution in [1.82, 2.24) is 10.6 Å². The molecule has 1 heterocycles.